The molecule has 0 amide bonds. The van der Waals surface area contributed by atoms with Crippen LogP contribution in [0.25, 0.3) is 5.78 Å². The molecule has 1 atom stereocenters. The topological polar surface area (TPSA) is 76.8 Å². The number of hydrogen-bond acceptors (Lipinski definition) is 7. The third-order valence-corrected chi connectivity index (χ3v) is 4.80. The van der Waals surface area contributed by atoms with Crippen molar-refractivity contribution in [1.29, 1.82) is 0 Å². The van der Waals surface area contributed by atoms with E-state index in [1.54, 1.807) is 35.9 Å². The lowest BCUT2D eigenvalue weighted by Gasteiger charge is -2.35. The van der Waals surface area contributed by atoms with Crippen molar-refractivity contribution in [2.75, 3.05) is 30.4 Å². The van der Waals surface area contributed by atoms with Gasteiger partial charge in [-0.25, -0.2) is 4.98 Å². The lowest BCUT2D eigenvalue weighted by Crippen LogP contribution is -2.42. The van der Waals surface area contributed by atoms with Crippen molar-refractivity contribution < 1.29 is 18.3 Å². The highest BCUT2D eigenvalue weighted by Crippen LogP contribution is 2.25. The van der Waals surface area contributed by atoms with Crippen molar-refractivity contribution in [2.24, 2.45) is 0 Å². The number of methoxy groups -OCH3 is 1. The Balaban J connectivity index is 1.48. The normalized spacial score (nSPS) is 17.1. The first-order valence-electron chi connectivity index (χ1n) is 9.37. The van der Waals surface area contributed by atoms with Gasteiger partial charge in [0.05, 0.1) is 12.3 Å². The average Bonchev–Trinajstić information content (AvgIpc) is 3.18. The number of ether oxygens (including phenoxy) is 2. The van der Waals surface area contributed by atoms with Crippen LogP contribution >= 0.6 is 0 Å². The van der Waals surface area contributed by atoms with E-state index in [4.69, 9.17) is 4.74 Å². The zero-order valence-corrected chi connectivity index (χ0v) is 16.0. The van der Waals surface area contributed by atoms with Gasteiger partial charge in [-0.05, 0) is 37.1 Å². The van der Waals surface area contributed by atoms with Crippen molar-refractivity contribution in [3.05, 3.63) is 42.4 Å². The summed E-state index contributed by atoms with van der Waals surface area (Å²) in [6.07, 6.45) is 3.48. The van der Waals surface area contributed by atoms with Crippen LogP contribution in [0, 0.1) is 0 Å². The van der Waals surface area contributed by atoms with E-state index in [1.807, 2.05) is 6.07 Å². The molecule has 1 unspecified atom stereocenters. The Morgan fingerprint density at radius 2 is 2.10 bits per heavy atom. The molecule has 0 saturated carbocycles. The largest absolute Gasteiger partial charge is 0.435 e. The molecule has 1 aromatic carbocycles. The second kappa shape index (κ2) is 8.56. The van der Waals surface area contributed by atoms with Crippen LogP contribution in [-0.2, 0) is 11.3 Å². The maximum atomic E-state index is 12.3. The summed E-state index contributed by atoms with van der Waals surface area (Å²) in [6, 6.07) is 8.85. The Morgan fingerprint density at radius 1 is 1.28 bits per heavy atom. The van der Waals surface area contributed by atoms with Gasteiger partial charge in [-0.1, -0.05) is 0 Å². The minimum absolute atomic E-state index is 0.159. The van der Waals surface area contributed by atoms with E-state index in [9.17, 15) is 8.78 Å². The van der Waals surface area contributed by atoms with Gasteiger partial charge in [0.1, 0.15) is 17.9 Å². The summed E-state index contributed by atoms with van der Waals surface area (Å²) < 4.78 is 36.0. The van der Waals surface area contributed by atoms with Gasteiger partial charge in [0, 0.05) is 38.0 Å². The lowest BCUT2D eigenvalue weighted by molar-refractivity contribution is -0.0498. The SMILES string of the molecule is COCc1cc(NC2CCCN(c3ccc(OC(F)F)cc3)C2)n2ncnc2n1. The quantitative estimate of drug-likeness (QED) is 0.649. The Morgan fingerprint density at radius 3 is 2.86 bits per heavy atom. The first-order valence-corrected chi connectivity index (χ1v) is 9.37. The Labute approximate surface area is 166 Å². The summed E-state index contributed by atoms with van der Waals surface area (Å²) in [7, 11) is 1.62. The van der Waals surface area contributed by atoms with Gasteiger partial charge in [0.25, 0.3) is 5.78 Å². The van der Waals surface area contributed by atoms with Gasteiger partial charge in [0.15, 0.2) is 0 Å². The van der Waals surface area contributed by atoms with Crippen molar-refractivity contribution in [3.63, 3.8) is 0 Å². The van der Waals surface area contributed by atoms with Gasteiger partial charge < -0.3 is 19.7 Å². The van der Waals surface area contributed by atoms with E-state index in [0.29, 0.717) is 12.4 Å². The maximum Gasteiger partial charge on any atom is 0.387 e. The molecule has 0 spiro atoms. The molecule has 4 rings (SSSR count). The number of fused-ring (bicyclic) bond motifs is 1. The van der Waals surface area contributed by atoms with Crippen LogP contribution in [-0.4, -0.2) is 52.4 Å². The third-order valence-electron chi connectivity index (χ3n) is 4.80. The molecule has 10 heteroatoms. The number of benzene rings is 1. The third kappa shape index (κ3) is 4.53. The number of halogens is 2. The number of piperidine rings is 1. The number of anilines is 2. The van der Waals surface area contributed by atoms with Crippen LogP contribution in [0.2, 0.25) is 0 Å². The molecule has 1 fully saturated rings. The maximum absolute atomic E-state index is 12.3. The number of nitrogens with zero attached hydrogens (tertiary/aromatic N) is 5. The van der Waals surface area contributed by atoms with E-state index in [0.717, 1.165) is 43.1 Å². The second-order valence-electron chi connectivity index (χ2n) is 6.84. The molecule has 1 saturated heterocycles. The van der Waals surface area contributed by atoms with Crippen LogP contribution in [0.4, 0.5) is 20.3 Å². The van der Waals surface area contributed by atoms with E-state index in [-0.39, 0.29) is 11.8 Å². The van der Waals surface area contributed by atoms with Crippen LogP contribution in [0.15, 0.2) is 36.7 Å². The van der Waals surface area contributed by atoms with Crippen LogP contribution < -0.4 is 15.0 Å². The fourth-order valence-corrected chi connectivity index (χ4v) is 3.56. The summed E-state index contributed by atoms with van der Waals surface area (Å²) in [5.74, 6) is 1.49. The van der Waals surface area contributed by atoms with Crippen LogP contribution in [0.3, 0.4) is 0 Å². The summed E-state index contributed by atoms with van der Waals surface area (Å²) >= 11 is 0. The minimum atomic E-state index is -2.82. The summed E-state index contributed by atoms with van der Waals surface area (Å²) in [6.45, 7) is -0.756. The molecule has 154 valence electrons. The zero-order chi connectivity index (χ0) is 20.2. The fraction of sp³-hybridized carbons (Fsp3) is 0.421. The molecular weight excluding hydrogens is 382 g/mol. The molecule has 1 aliphatic heterocycles. The number of rotatable bonds is 7. The molecule has 29 heavy (non-hydrogen) atoms. The molecular formula is C19H22F2N6O2. The smallest absolute Gasteiger partial charge is 0.387 e. The van der Waals surface area contributed by atoms with Crippen molar-refractivity contribution in [1.82, 2.24) is 19.6 Å². The molecule has 1 aliphatic rings. The Kier molecular flexibility index (Phi) is 5.70. The van der Waals surface area contributed by atoms with Gasteiger partial charge in [0.2, 0.25) is 0 Å². The molecule has 8 nitrogen and oxygen atoms in total. The summed E-state index contributed by atoms with van der Waals surface area (Å²) in [5.41, 5.74) is 1.75. The minimum Gasteiger partial charge on any atom is -0.435 e. The first kappa shape index (κ1) is 19.3. The molecule has 3 heterocycles. The molecule has 0 bridgehead atoms. The van der Waals surface area contributed by atoms with Crippen LogP contribution in [0.1, 0.15) is 18.5 Å². The Hall–Kier alpha value is -3.01. The molecule has 0 radical (unpaired) electrons. The van der Waals surface area contributed by atoms with Gasteiger partial charge >= 0.3 is 6.61 Å². The monoisotopic (exact) mass is 404 g/mol. The summed E-state index contributed by atoms with van der Waals surface area (Å²) in [5, 5.41) is 7.79. The van der Waals surface area contributed by atoms with Crippen LogP contribution in [0.5, 0.6) is 5.75 Å². The van der Waals surface area contributed by atoms with E-state index in [1.165, 1.54) is 6.33 Å². The van der Waals surface area contributed by atoms with E-state index in [2.05, 4.69) is 30.0 Å². The predicted molar refractivity (Wildman–Crippen MR) is 103 cm³/mol. The highest BCUT2D eigenvalue weighted by molar-refractivity contribution is 5.51. The zero-order valence-electron chi connectivity index (χ0n) is 16.0. The van der Waals surface area contributed by atoms with Crippen molar-refractivity contribution >= 4 is 17.3 Å². The Bertz CT molecular complexity index is 950. The number of hydrogen-bond donors (Lipinski definition) is 1. The standard InChI is InChI=1S/C19H22F2N6O2/c1-28-11-14-9-17(27-19(25-14)22-12-23-27)24-13-3-2-8-26(10-13)15-4-6-16(7-5-15)29-18(20)21/h4-7,9,12-13,18,24H,2-3,8,10-11H2,1H3. The highest BCUT2D eigenvalue weighted by Gasteiger charge is 2.21. The number of nitrogens with one attached hydrogen (secondary N) is 1. The van der Waals surface area contributed by atoms with E-state index < -0.39 is 6.61 Å². The molecule has 1 N–H and O–H groups in total. The molecule has 3 aromatic rings. The van der Waals surface area contributed by atoms with Gasteiger partial charge in [-0.2, -0.15) is 23.4 Å². The number of aromatic nitrogens is 4. The first-order chi connectivity index (χ1) is 14.1. The molecule has 0 aliphatic carbocycles. The van der Waals surface area contributed by atoms with Gasteiger partial charge in [-0.15, -0.1) is 0 Å². The molecule has 2 aromatic heterocycles. The fourth-order valence-electron chi connectivity index (χ4n) is 3.56. The second-order valence-corrected chi connectivity index (χ2v) is 6.84. The lowest BCUT2D eigenvalue weighted by atomic mass is 10.0. The predicted octanol–water partition coefficient (Wildman–Crippen LogP) is 2.95. The summed E-state index contributed by atoms with van der Waals surface area (Å²) in [4.78, 5) is 10.8. The van der Waals surface area contributed by atoms with Crippen molar-refractivity contribution in [2.45, 2.75) is 32.1 Å². The highest BCUT2D eigenvalue weighted by atomic mass is 19.3. The van der Waals surface area contributed by atoms with E-state index >= 15 is 0 Å². The number of alkyl halides is 2. The van der Waals surface area contributed by atoms with Crippen molar-refractivity contribution in [3.8, 4) is 5.75 Å². The van der Waals surface area contributed by atoms with Gasteiger partial charge in [-0.3, -0.25) is 0 Å². The average molecular weight is 404 g/mol.